The number of carbonyl (C=O) groups excluding carboxylic acids is 3. The molecule has 0 saturated carbocycles. The number of hydrogen-bond donors (Lipinski definition) is 4. The lowest BCUT2D eigenvalue weighted by molar-refractivity contribution is -0.192. The van der Waals surface area contributed by atoms with Crippen molar-refractivity contribution in [1.29, 1.82) is 0 Å². The lowest BCUT2D eigenvalue weighted by Crippen LogP contribution is -2.33. The minimum atomic E-state index is -5.08. The highest BCUT2D eigenvalue weighted by atomic mass is 19.4. The van der Waals surface area contributed by atoms with Gasteiger partial charge in [-0.1, -0.05) is 84.9 Å². The van der Waals surface area contributed by atoms with Gasteiger partial charge in [-0.25, -0.2) is 4.79 Å². The van der Waals surface area contributed by atoms with Crippen LogP contribution in [-0.4, -0.2) is 35.0 Å². The smallest absolute Gasteiger partial charge is 0.475 e. The first-order valence-electron chi connectivity index (χ1n) is 17.8. The number of alkyl halides is 3. The fraction of sp³-hybridized carbons (Fsp3) is 0.209. The third kappa shape index (κ3) is 11.3. The molecule has 0 heterocycles. The number of ether oxygens (including phenoxy) is 1. The molecular weight excluding hydrogens is 725 g/mol. The van der Waals surface area contributed by atoms with Crippen molar-refractivity contribution in [2.45, 2.75) is 57.9 Å². The van der Waals surface area contributed by atoms with E-state index in [0.29, 0.717) is 23.7 Å². The van der Waals surface area contributed by atoms with E-state index < -0.39 is 12.1 Å². The van der Waals surface area contributed by atoms with Crippen LogP contribution >= 0.6 is 0 Å². The Balaban J connectivity index is 0.000000784. The Morgan fingerprint density at radius 1 is 0.821 bits per heavy atom. The molecule has 1 aliphatic rings. The molecule has 10 nitrogen and oxygen atoms in total. The van der Waals surface area contributed by atoms with Gasteiger partial charge in [0.1, 0.15) is 5.75 Å². The molecular formula is C43H41F3N4O6. The monoisotopic (exact) mass is 766 g/mol. The van der Waals surface area contributed by atoms with Crippen molar-refractivity contribution in [3.8, 4) is 22.6 Å². The Bertz CT molecular complexity index is 2170. The van der Waals surface area contributed by atoms with E-state index in [1.54, 1.807) is 4.90 Å². The molecule has 5 aromatic carbocycles. The summed E-state index contributed by atoms with van der Waals surface area (Å²) < 4.78 is 38.1. The molecule has 6 rings (SSSR count). The predicted octanol–water partition coefficient (Wildman–Crippen LogP) is 8.31. The molecule has 0 radical (unpaired) electrons. The quantitative estimate of drug-likeness (QED) is 0.0998. The lowest BCUT2D eigenvalue weighted by Gasteiger charge is -2.26. The number of nitrogens with two attached hydrogens (primary N) is 1. The lowest BCUT2D eigenvalue weighted by atomic mass is 10.0. The highest BCUT2D eigenvalue weighted by Crippen LogP contribution is 2.35. The average molecular weight is 767 g/mol. The van der Waals surface area contributed by atoms with Gasteiger partial charge in [-0.15, -0.1) is 0 Å². The molecule has 5 aromatic rings. The van der Waals surface area contributed by atoms with Crippen LogP contribution in [0.1, 0.15) is 54.5 Å². The third-order valence-corrected chi connectivity index (χ3v) is 8.91. The van der Waals surface area contributed by atoms with Crippen molar-refractivity contribution in [3.05, 3.63) is 144 Å². The topological polar surface area (TPSA) is 151 Å². The Morgan fingerprint density at radius 2 is 1.52 bits per heavy atom. The van der Waals surface area contributed by atoms with Crippen molar-refractivity contribution < 1.29 is 42.2 Å². The molecule has 56 heavy (non-hydrogen) atoms. The van der Waals surface area contributed by atoms with E-state index in [1.165, 1.54) is 12.5 Å². The van der Waals surface area contributed by atoms with Gasteiger partial charge in [0.25, 0.3) is 0 Å². The number of nitrogens with one attached hydrogen (secondary N) is 2. The summed E-state index contributed by atoms with van der Waals surface area (Å²) >= 11 is 0. The van der Waals surface area contributed by atoms with Gasteiger partial charge in [-0.2, -0.15) is 13.2 Å². The van der Waals surface area contributed by atoms with Crippen LogP contribution in [0.3, 0.4) is 0 Å². The zero-order chi connectivity index (χ0) is 40.2. The number of aliphatic carboxylic acids is 1. The van der Waals surface area contributed by atoms with Gasteiger partial charge >= 0.3 is 12.1 Å². The van der Waals surface area contributed by atoms with Gasteiger partial charge in [0.15, 0.2) is 5.75 Å². The van der Waals surface area contributed by atoms with Crippen molar-refractivity contribution in [2.75, 3.05) is 10.2 Å². The van der Waals surface area contributed by atoms with Crippen molar-refractivity contribution in [1.82, 2.24) is 5.32 Å². The van der Waals surface area contributed by atoms with Crippen LogP contribution in [0.4, 0.5) is 24.5 Å². The summed E-state index contributed by atoms with van der Waals surface area (Å²) in [5, 5.41) is 13.1. The normalized spacial score (nSPS) is 13.1. The first-order valence-corrected chi connectivity index (χ1v) is 17.8. The number of para-hydroxylation sites is 2. The maximum absolute atomic E-state index is 14.0. The van der Waals surface area contributed by atoms with Gasteiger partial charge < -0.3 is 31.1 Å². The molecule has 1 atom stereocenters. The molecule has 0 spiro atoms. The highest BCUT2D eigenvalue weighted by molar-refractivity contribution is 5.97. The van der Waals surface area contributed by atoms with Crippen molar-refractivity contribution >= 4 is 35.1 Å². The van der Waals surface area contributed by atoms with E-state index in [0.717, 1.165) is 46.3 Å². The van der Waals surface area contributed by atoms with Gasteiger partial charge in [-0.3, -0.25) is 14.4 Å². The van der Waals surface area contributed by atoms with E-state index in [-0.39, 0.29) is 43.1 Å². The second kappa shape index (κ2) is 18.7. The Labute approximate surface area is 322 Å². The standard InChI is InChI=1S/C41H40N4O4.C2HF3O2/c1-28(46)43-34-11-7-10-33(25-34)31-18-16-29(17-19-31)27-45(38-14-4-5-15-39(38)49-35-12-6-8-30(24-35)26-42)41(48)23-22-40(47)44-37-21-20-32-9-2-3-13-36(32)37;3-2(4,5)1(6)7/h2-19,24-25,37H,20-23,26-27,42H2,1H3,(H,43,46)(H,44,47);(H,6,7). The van der Waals surface area contributed by atoms with Crippen LogP contribution in [0.5, 0.6) is 11.5 Å². The summed E-state index contributed by atoms with van der Waals surface area (Å²) in [6, 6.07) is 38.7. The molecule has 0 bridgehead atoms. The molecule has 1 unspecified atom stereocenters. The van der Waals surface area contributed by atoms with Crippen molar-refractivity contribution in [2.24, 2.45) is 5.73 Å². The Hall–Kier alpha value is -6.47. The second-order valence-electron chi connectivity index (χ2n) is 13.0. The summed E-state index contributed by atoms with van der Waals surface area (Å²) in [6.45, 7) is 2.13. The Kier molecular flexibility index (Phi) is 13.6. The highest BCUT2D eigenvalue weighted by Gasteiger charge is 2.38. The van der Waals surface area contributed by atoms with Crippen LogP contribution in [0.2, 0.25) is 0 Å². The SMILES string of the molecule is CC(=O)Nc1cccc(-c2ccc(CN(C(=O)CCC(=O)NC3CCc4ccccc43)c3ccccc3Oc3cccc(CN)c3)cc2)c1.O=C(O)C(F)(F)F. The fourth-order valence-corrected chi connectivity index (χ4v) is 6.23. The van der Waals surface area contributed by atoms with Crippen LogP contribution < -0.4 is 26.0 Å². The number of carboxylic acids is 1. The fourth-order valence-electron chi connectivity index (χ4n) is 6.23. The molecule has 5 N–H and O–H groups in total. The number of rotatable bonds is 12. The number of aryl methyl sites for hydroxylation is 1. The number of amides is 3. The average Bonchev–Trinajstić information content (AvgIpc) is 3.58. The molecule has 0 fully saturated rings. The first kappa shape index (κ1) is 40.7. The third-order valence-electron chi connectivity index (χ3n) is 8.91. The van der Waals surface area contributed by atoms with Crippen LogP contribution in [-0.2, 0) is 38.7 Å². The summed E-state index contributed by atoms with van der Waals surface area (Å²) in [7, 11) is 0. The number of fused-ring (bicyclic) bond motifs is 1. The minimum Gasteiger partial charge on any atom is -0.475 e. The summed E-state index contributed by atoms with van der Waals surface area (Å²) in [6.07, 6.45) is -3.20. The van der Waals surface area contributed by atoms with E-state index in [1.807, 2.05) is 109 Å². The van der Waals surface area contributed by atoms with E-state index in [4.69, 9.17) is 20.4 Å². The van der Waals surface area contributed by atoms with E-state index in [2.05, 4.69) is 22.8 Å². The van der Waals surface area contributed by atoms with Gasteiger partial charge in [0.05, 0.1) is 18.3 Å². The molecule has 13 heteroatoms. The molecule has 3 amide bonds. The van der Waals surface area contributed by atoms with Crippen LogP contribution in [0.15, 0.2) is 121 Å². The minimum absolute atomic E-state index is 0.0330. The van der Waals surface area contributed by atoms with Gasteiger partial charge in [-0.05, 0) is 82.6 Å². The zero-order valence-corrected chi connectivity index (χ0v) is 30.5. The number of anilines is 2. The van der Waals surface area contributed by atoms with E-state index in [9.17, 15) is 27.6 Å². The number of hydrogen-bond acceptors (Lipinski definition) is 6. The molecule has 0 aliphatic heterocycles. The number of halogens is 3. The molecule has 0 saturated heterocycles. The number of benzene rings is 5. The van der Waals surface area contributed by atoms with Crippen molar-refractivity contribution in [3.63, 3.8) is 0 Å². The summed E-state index contributed by atoms with van der Waals surface area (Å²) in [5.74, 6) is -2.10. The molecule has 1 aliphatic carbocycles. The van der Waals surface area contributed by atoms with Crippen LogP contribution in [0, 0.1) is 0 Å². The first-order chi connectivity index (χ1) is 26.8. The molecule has 290 valence electrons. The maximum Gasteiger partial charge on any atom is 0.490 e. The number of nitrogens with zero attached hydrogens (tertiary/aromatic N) is 1. The summed E-state index contributed by atoms with van der Waals surface area (Å²) in [4.78, 5) is 49.3. The van der Waals surface area contributed by atoms with Crippen LogP contribution in [0.25, 0.3) is 11.1 Å². The zero-order valence-electron chi connectivity index (χ0n) is 30.5. The Morgan fingerprint density at radius 3 is 2.23 bits per heavy atom. The number of carboxylic acid groups (broad SMARTS) is 1. The van der Waals surface area contributed by atoms with Gasteiger partial charge in [0, 0.05) is 32.0 Å². The maximum atomic E-state index is 14.0. The summed E-state index contributed by atoms with van der Waals surface area (Å²) in [5.41, 5.74) is 13.4. The number of carbonyl (C=O) groups is 4. The second-order valence-corrected chi connectivity index (χ2v) is 13.0. The largest absolute Gasteiger partial charge is 0.490 e. The predicted molar refractivity (Wildman–Crippen MR) is 207 cm³/mol. The molecule has 0 aromatic heterocycles. The van der Waals surface area contributed by atoms with E-state index >= 15 is 0 Å². The van der Waals surface area contributed by atoms with Gasteiger partial charge in [0.2, 0.25) is 17.7 Å².